The van der Waals surface area contributed by atoms with Crippen molar-refractivity contribution >= 4 is 0 Å². The average Bonchev–Trinajstić information content (AvgIpc) is 2.37. The Bertz CT molecular complexity index is 361. The van der Waals surface area contributed by atoms with Crippen molar-refractivity contribution in [1.29, 1.82) is 0 Å². The Morgan fingerprint density at radius 1 is 1.35 bits per heavy atom. The van der Waals surface area contributed by atoms with E-state index in [9.17, 15) is 4.39 Å². The van der Waals surface area contributed by atoms with E-state index in [1.54, 1.807) is 12.1 Å². The number of nitrogens with one attached hydrogen (secondary N) is 1. The maximum Gasteiger partial charge on any atom is 0.123 e. The minimum Gasteiger partial charge on any atom is -0.381 e. The molecule has 0 amide bonds. The monoisotopic (exact) mass is 237 g/mol. The van der Waals surface area contributed by atoms with E-state index in [1.807, 2.05) is 6.07 Å². The first-order valence-electron chi connectivity index (χ1n) is 6.31. The molecule has 1 saturated heterocycles. The van der Waals surface area contributed by atoms with Crippen LogP contribution in [0.5, 0.6) is 0 Å². The van der Waals surface area contributed by atoms with Gasteiger partial charge in [0.15, 0.2) is 0 Å². The van der Waals surface area contributed by atoms with Crippen LogP contribution in [0, 0.1) is 5.82 Å². The van der Waals surface area contributed by atoms with Gasteiger partial charge in [0, 0.05) is 25.2 Å². The lowest BCUT2D eigenvalue weighted by molar-refractivity contribution is 0.0500. The fourth-order valence-corrected chi connectivity index (χ4v) is 2.51. The van der Waals surface area contributed by atoms with Gasteiger partial charge in [-0.05, 0) is 37.1 Å². The number of ether oxygens (including phenoxy) is 1. The Morgan fingerprint density at radius 3 is 2.76 bits per heavy atom. The van der Waals surface area contributed by atoms with Crippen LogP contribution in [-0.2, 0) is 10.2 Å². The number of benzene rings is 1. The highest BCUT2D eigenvalue weighted by Gasteiger charge is 2.34. The summed E-state index contributed by atoms with van der Waals surface area (Å²) in [5.74, 6) is -0.148. The Morgan fingerprint density at radius 2 is 2.12 bits per heavy atom. The SMILES string of the molecule is CCNCC1(c2cccc(F)c2)CCOCC1. The molecule has 2 rings (SSSR count). The first kappa shape index (κ1) is 12.5. The molecule has 0 aromatic heterocycles. The second-order valence-corrected chi connectivity index (χ2v) is 4.68. The van der Waals surface area contributed by atoms with Gasteiger partial charge in [0.1, 0.15) is 5.82 Å². The van der Waals surface area contributed by atoms with Crippen LogP contribution in [0.15, 0.2) is 24.3 Å². The first-order chi connectivity index (χ1) is 8.27. The van der Waals surface area contributed by atoms with Crippen molar-refractivity contribution in [1.82, 2.24) is 5.32 Å². The van der Waals surface area contributed by atoms with Gasteiger partial charge in [0.25, 0.3) is 0 Å². The van der Waals surface area contributed by atoms with Crippen molar-refractivity contribution < 1.29 is 9.13 Å². The molecule has 1 heterocycles. The van der Waals surface area contributed by atoms with E-state index in [-0.39, 0.29) is 11.2 Å². The average molecular weight is 237 g/mol. The molecule has 0 aliphatic carbocycles. The third-order valence-electron chi connectivity index (χ3n) is 3.60. The number of hydrogen-bond acceptors (Lipinski definition) is 2. The predicted octanol–water partition coefficient (Wildman–Crippen LogP) is 2.48. The lowest BCUT2D eigenvalue weighted by atomic mass is 9.74. The first-order valence-corrected chi connectivity index (χ1v) is 6.31. The molecular weight excluding hydrogens is 217 g/mol. The number of rotatable bonds is 4. The molecule has 1 aliphatic rings. The van der Waals surface area contributed by atoms with E-state index in [4.69, 9.17) is 4.74 Å². The molecule has 1 aliphatic heterocycles. The fraction of sp³-hybridized carbons (Fsp3) is 0.571. The van der Waals surface area contributed by atoms with E-state index in [0.717, 1.165) is 44.7 Å². The van der Waals surface area contributed by atoms with Gasteiger partial charge in [-0.1, -0.05) is 19.1 Å². The van der Waals surface area contributed by atoms with Gasteiger partial charge in [-0.3, -0.25) is 0 Å². The zero-order valence-corrected chi connectivity index (χ0v) is 10.3. The van der Waals surface area contributed by atoms with Crippen molar-refractivity contribution in [3.8, 4) is 0 Å². The summed E-state index contributed by atoms with van der Waals surface area (Å²) in [6.45, 7) is 5.47. The van der Waals surface area contributed by atoms with Gasteiger partial charge in [-0.25, -0.2) is 4.39 Å². The molecule has 0 saturated carbocycles. The van der Waals surface area contributed by atoms with E-state index >= 15 is 0 Å². The Balaban J connectivity index is 2.25. The molecule has 1 aromatic carbocycles. The second kappa shape index (κ2) is 5.61. The summed E-state index contributed by atoms with van der Waals surface area (Å²) in [5.41, 5.74) is 1.14. The van der Waals surface area contributed by atoms with Crippen molar-refractivity contribution in [3.05, 3.63) is 35.6 Å². The van der Waals surface area contributed by atoms with Crippen molar-refractivity contribution in [2.24, 2.45) is 0 Å². The zero-order chi connectivity index (χ0) is 12.1. The molecule has 1 fully saturated rings. The van der Waals surface area contributed by atoms with Crippen LogP contribution in [0.2, 0.25) is 0 Å². The quantitative estimate of drug-likeness (QED) is 0.868. The van der Waals surface area contributed by atoms with Gasteiger partial charge in [0.05, 0.1) is 0 Å². The molecule has 0 unspecified atom stereocenters. The van der Waals surface area contributed by atoms with Crippen LogP contribution in [0.25, 0.3) is 0 Å². The van der Waals surface area contributed by atoms with Gasteiger partial charge < -0.3 is 10.1 Å². The van der Waals surface area contributed by atoms with Crippen LogP contribution in [-0.4, -0.2) is 26.3 Å². The van der Waals surface area contributed by atoms with E-state index < -0.39 is 0 Å². The zero-order valence-electron chi connectivity index (χ0n) is 10.3. The van der Waals surface area contributed by atoms with Crippen LogP contribution in [0.1, 0.15) is 25.3 Å². The Labute approximate surface area is 102 Å². The highest BCUT2D eigenvalue weighted by atomic mass is 19.1. The summed E-state index contributed by atoms with van der Waals surface area (Å²) in [4.78, 5) is 0. The lowest BCUT2D eigenvalue weighted by Gasteiger charge is -2.38. The summed E-state index contributed by atoms with van der Waals surface area (Å²) in [6, 6.07) is 7.01. The molecule has 0 spiro atoms. The largest absolute Gasteiger partial charge is 0.381 e. The standard InChI is InChI=1S/C14H20FNO/c1-2-16-11-14(6-8-17-9-7-14)12-4-3-5-13(15)10-12/h3-5,10,16H,2,6-9,11H2,1H3. The molecular formula is C14H20FNO. The third-order valence-corrected chi connectivity index (χ3v) is 3.60. The Hall–Kier alpha value is -0.930. The Kier molecular flexibility index (Phi) is 4.13. The van der Waals surface area contributed by atoms with Crippen molar-refractivity contribution in [3.63, 3.8) is 0 Å². The van der Waals surface area contributed by atoms with Gasteiger partial charge in [0.2, 0.25) is 0 Å². The minimum atomic E-state index is -0.148. The molecule has 1 N–H and O–H groups in total. The summed E-state index contributed by atoms with van der Waals surface area (Å²) < 4.78 is 18.8. The number of likely N-dealkylation sites (N-methyl/N-ethyl adjacent to an activating group) is 1. The van der Waals surface area contributed by atoms with Crippen LogP contribution in [0.4, 0.5) is 4.39 Å². The summed E-state index contributed by atoms with van der Waals surface area (Å²) in [7, 11) is 0. The van der Waals surface area contributed by atoms with E-state index in [2.05, 4.69) is 12.2 Å². The molecule has 2 nitrogen and oxygen atoms in total. The number of hydrogen-bond donors (Lipinski definition) is 1. The highest BCUT2D eigenvalue weighted by molar-refractivity contribution is 5.27. The van der Waals surface area contributed by atoms with Crippen LogP contribution in [0.3, 0.4) is 0 Å². The molecule has 17 heavy (non-hydrogen) atoms. The molecule has 1 aromatic rings. The smallest absolute Gasteiger partial charge is 0.123 e. The topological polar surface area (TPSA) is 21.3 Å². The highest BCUT2D eigenvalue weighted by Crippen LogP contribution is 2.34. The van der Waals surface area contributed by atoms with Crippen LogP contribution >= 0.6 is 0 Å². The van der Waals surface area contributed by atoms with E-state index in [1.165, 1.54) is 6.07 Å². The fourth-order valence-electron chi connectivity index (χ4n) is 2.51. The summed E-state index contributed by atoms with van der Waals surface area (Å²) in [5, 5.41) is 3.40. The molecule has 0 atom stereocenters. The van der Waals surface area contributed by atoms with Crippen molar-refractivity contribution in [2.75, 3.05) is 26.3 Å². The molecule has 3 heteroatoms. The van der Waals surface area contributed by atoms with E-state index in [0.29, 0.717) is 0 Å². The predicted molar refractivity (Wildman–Crippen MR) is 66.7 cm³/mol. The second-order valence-electron chi connectivity index (χ2n) is 4.68. The summed E-state index contributed by atoms with van der Waals surface area (Å²) in [6.07, 6.45) is 1.92. The van der Waals surface area contributed by atoms with Crippen LogP contribution < -0.4 is 5.32 Å². The van der Waals surface area contributed by atoms with Gasteiger partial charge >= 0.3 is 0 Å². The molecule has 0 bridgehead atoms. The molecule has 0 radical (unpaired) electrons. The normalized spacial score (nSPS) is 19.2. The third kappa shape index (κ3) is 2.85. The maximum absolute atomic E-state index is 13.4. The summed E-state index contributed by atoms with van der Waals surface area (Å²) >= 11 is 0. The maximum atomic E-state index is 13.4. The van der Waals surface area contributed by atoms with Gasteiger partial charge in [-0.2, -0.15) is 0 Å². The number of halogens is 1. The van der Waals surface area contributed by atoms with Crippen molar-refractivity contribution in [2.45, 2.75) is 25.2 Å². The minimum absolute atomic E-state index is 0.0381. The lowest BCUT2D eigenvalue weighted by Crippen LogP contribution is -2.42. The van der Waals surface area contributed by atoms with Gasteiger partial charge in [-0.15, -0.1) is 0 Å². The molecule has 94 valence electrons.